The third-order valence-electron chi connectivity index (χ3n) is 3.95. The Morgan fingerprint density at radius 1 is 1.13 bits per heavy atom. The summed E-state index contributed by atoms with van der Waals surface area (Å²) in [4.78, 5) is 8.55. The summed E-state index contributed by atoms with van der Waals surface area (Å²) >= 11 is 6.12. The van der Waals surface area contributed by atoms with Crippen molar-refractivity contribution in [3.05, 3.63) is 22.7 Å². The van der Waals surface area contributed by atoms with Crippen LogP contribution in [0, 0.1) is 5.92 Å². The van der Waals surface area contributed by atoms with Gasteiger partial charge in [0, 0.05) is 11.5 Å². The molecule has 0 radical (unpaired) electrons. The molecule has 1 fully saturated rings. The smallest absolute Gasteiger partial charge is 0.135 e. The van der Waals surface area contributed by atoms with E-state index in [1.165, 1.54) is 43.4 Å². The van der Waals surface area contributed by atoms with Gasteiger partial charge in [0.05, 0.1) is 5.69 Å². The molecule has 2 nitrogen and oxygen atoms in total. The lowest BCUT2D eigenvalue weighted by molar-refractivity contribution is 0.270. The van der Waals surface area contributed by atoms with E-state index >= 15 is 0 Å². The van der Waals surface area contributed by atoms with Crippen LogP contribution in [0.5, 0.6) is 0 Å². The molecule has 1 saturated carbocycles. The molecule has 0 N–H and O–H groups in total. The summed E-state index contributed by atoms with van der Waals surface area (Å²) in [5.41, 5.74) is 2.48. The van der Waals surface area contributed by atoms with Gasteiger partial charge in [-0.1, -0.05) is 24.4 Å². The van der Waals surface area contributed by atoms with Crippen LogP contribution in [0.3, 0.4) is 0 Å². The Hall–Kier alpha value is -0.630. The fourth-order valence-electron chi connectivity index (χ4n) is 3.20. The van der Waals surface area contributed by atoms with Gasteiger partial charge in [-0.05, 0) is 31.6 Å². The van der Waals surface area contributed by atoms with Crippen molar-refractivity contribution in [3.8, 4) is 0 Å². The zero-order valence-corrected chi connectivity index (χ0v) is 9.50. The largest absolute Gasteiger partial charge is 0.241 e. The van der Waals surface area contributed by atoms with Gasteiger partial charge in [0.1, 0.15) is 11.5 Å². The molecule has 0 unspecified atom stereocenters. The lowest BCUT2D eigenvalue weighted by Gasteiger charge is -2.36. The lowest BCUT2D eigenvalue weighted by Crippen LogP contribution is -2.25. The first-order valence-electron chi connectivity index (χ1n) is 5.85. The van der Waals surface area contributed by atoms with E-state index in [0.29, 0.717) is 11.1 Å². The first-order valence-corrected chi connectivity index (χ1v) is 6.23. The maximum Gasteiger partial charge on any atom is 0.135 e. The van der Waals surface area contributed by atoms with Crippen LogP contribution >= 0.6 is 11.6 Å². The summed E-state index contributed by atoms with van der Waals surface area (Å²) < 4.78 is 0. The molecule has 2 atom stereocenters. The van der Waals surface area contributed by atoms with Crippen LogP contribution in [0.1, 0.15) is 49.3 Å². The number of nitrogens with zero attached hydrogens (tertiary/aromatic N) is 2. The third-order valence-corrected chi connectivity index (χ3v) is 4.28. The van der Waals surface area contributed by atoms with Crippen LogP contribution in [0.25, 0.3) is 0 Å². The molecule has 0 bridgehead atoms. The average Bonchev–Trinajstić information content (AvgIpc) is 2.29. The van der Waals surface area contributed by atoms with Crippen LogP contribution in [-0.2, 0) is 6.42 Å². The van der Waals surface area contributed by atoms with Crippen molar-refractivity contribution in [2.45, 2.75) is 44.4 Å². The Labute approximate surface area is 95.1 Å². The van der Waals surface area contributed by atoms with E-state index in [4.69, 9.17) is 11.6 Å². The minimum absolute atomic E-state index is 0.669. The topological polar surface area (TPSA) is 25.8 Å². The third kappa shape index (κ3) is 1.55. The maximum absolute atomic E-state index is 6.12. The van der Waals surface area contributed by atoms with E-state index < -0.39 is 0 Å². The minimum Gasteiger partial charge on any atom is -0.241 e. The minimum atomic E-state index is 0.669. The molecular formula is C12H15ClN2. The van der Waals surface area contributed by atoms with Crippen LogP contribution in [0.15, 0.2) is 6.33 Å². The number of halogens is 1. The second kappa shape index (κ2) is 3.75. The van der Waals surface area contributed by atoms with E-state index in [1.807, 2.05) is 0 Å². The molecular weight excluding hydrogens is 208 g/mol. The Balaban J connectivity index is 2.03. The first-order chi connectivity index (χ1) is 7.36. The Morgan fingerprint density at radius 2 is 2.00 bits per heavy atom. The fourth-order valence-corrected chi connectivity index (χ4v) is 3.43. The van der Waals surface area contributed by atoms with Crippen molar-refractivity contribution in [1.82, 2.24) is 9.97 Å². The van der Waals surface area contributed by atoms with E-state index in [9.17, 15) is 0 Å². The number of hydrogen-bond donors (Lipinski definition) is 0. The predicted molar refractivity (Wildman–Crippen MR) is 60.1 cm³/mol. The number of rotatable bonds is 0. The SMILES string of the molecule is Clc1ncnc2c1CC[C@H]1CCCC[C@H]21. The van der Waals surface area contributed by atoms with Crippen molar-refractivity contribution in [1.29, 1.82) is 0 Å². The highest BCUT2D eigenvalue weighted by Crippen LogP contribution is 2.45. The number of aromatic nitrogens is 2. The first kappa shape index (κ1) is 9.59. The van der Waals surface area contributed by atoms with Crippen molar-refractivity contribution in [2.75, 3.05) is 0 Å². The van der Waals surface area contributed by atoms with E-state index in [1.54, 1.807) is 6.33 Å². The van der Waals surface area contributed by atoms with Crippen molar-refractivity contribution in [3.63, 3.8) is 0 Å². The summed E-state index contributed by atoms with van der Waals surface area (Å²) in [6, 6.07) is 0. The van der Waals surface area contributed by atoms with Gasteiger partial charge in [0.15, 0.2) is 0 Å². The summed E-state index contributed by atoms with van der Waals surface area (Å²) in [6.07, 6.45) is 9.41. The molecule has 3 heteroatoms. The zero-order valence-electron chi connectivity index (χ0n) is 8.75. The molecule has 0 aliphatic heterocycles. The van der Waals surface area contributed by atoms with Gasteiger partial charge in [-0.2, -0.15) is 0 Å². The van der Waals surface area contributed by atoms with Gasteiger partial charge in [-0.15, -0.1) is 0 Å². The summed E-state index contributed by atoms with van der Waals surface area (Å²) in [5.74, 6) is 1.53. The number of fused-ring (bicyclic) bond motifs is 3. The van der Waals surface area contributed by atoms with Crippen molar-refractivity contribution >= 4 is 11.6 Å². The fraction of sp³-hybridized carbons (Fsp3) is 0.667. The second-order valence-corrected chi connectivity index (χ2v) is 5.08. The average molecular weight is 223 g/mol. The molecule has 0 spiro atoms. The van der Waals surface area contributed by atoms with Crippen LogP contribution in [-0.4, -0.2) is 9.97 Å². The zero-order chi connectivity index (χ0) is 10.3. The molecule has 0 aromatic carbocycles. The van der Waals surface area contributed by atoms with Gasteiger partial charge in [-0.3, -0.25) is 0 Å². The standard InChI is InChI=1S/C12H15ClN2/c13-12-10-6-5-8-3-1-2-4-9(8)11(10)14-7-15-12/h7-9H,1-6H2/t8-,9+/m1/s1. The maximum atomic E-state index is 6.12. The molecule has 80 valence electrons. The van der Waals surface area contributed by atoms with Gasteiger partial charge >= 0.3 is 0 Å². The second-order valence-electron chi connectivity index (χ2n) is 4.72. The lowest BCUT2D eigenvalue weighted by atomic mass is 9.70. The molecule has 1 aromatic rings. The van der Waals surface area contributed by atoms with Gasteiger partial charge in [0.2, 0.25) is 0 Å². The highest BCUT2D eigenvalue weighted by atomic mass is 35.5. The highest BCUT2D eigenvalue weighted by Gasteiger charge is 2.33. The quantitative estimate of drug-likeness (QED) is 0.630. The summed E-state index contributed by atoms with van der Waals surface area (Å²) in [6.45, 7) is 0. The van der Waals surface area contributed by atoms with Gasteiger partial charge < -0.3 is 0 Å². The molecule has 1 heterocycles. The van der Waals surface area contributed by atoms with E-state index in [-0.39, 0.29) is 0 Å². The predicted octanol–water partition coefficient (Wildman–Crippen LogP) is 3.35. The van der Waals surface area contributed by atoms with Crippen molar-refractivity contribution in [2.24, 2.45) is 5.92 Å². The number of hydrogen-bond acceptors (Lipinski definition) is 2. The molecule has 1 aromatic heterocycles. The molecule has 0 saturated heterocycles. The monoisotopic (exact) mass is 222 g/mol. The van der Waals surface area contributed by atoms with Crippen LogP contribution in [0.2, 0.25) is 5.15 Å². The van der Waals surface area contributed by atoms with Crippen LogP contribution < -0.4 is 0 Å². The highest BCUT2D eigenvalue weighted by molar-refractivity contribution is 6.30. The molecule has 3 rings (SSSR count). The summed E-state index contributed by atoms with van der Waals surface area (Å²) in [5, 5.41) is 0.684. The van der Waals surface area contributed by atoms with Crippen molar-refractivity contribution < 1.29 is 0 Å². The molecule has 2 aliphatic carbocycles. The van der Waals surface area contributed by atoms with Gasteiger partial charge in [-0.25, -0.2) is 9.97 Å². The molecule has 15 heavy (non-hydrogen) atoms. The summed E-state index contributed by atoms with van der Waals surface area (Å²) in [7, 11) is 0. The normalized spacial score (nSPS) is 29.4. The van der Waals surface area contributed by atoms with Crippen LogP contribution in [0.4, 0.5) is 0 Å². The molecule has 2 aliphatic rings. The Bertz CT molecular complexity index is 378. The Morgan fingerprint density at radius 3 is 2.93 bits per heavy atom. The van der Waals surface area contributed by atoms with E-state index in [2.05, 4.69) is 9.97 Å². The van der Waals surface area contributed by atoms with Gasteiger partial charge in [0.25, 0.3) is 0 Å². The molecule has 0 amide bonds. The van der Waals surface area contributed by atoms with E-state index in [0.717, 1.165) is 12.3 Å². The Kier molecular flexibility index (Phi) is 2.39.